The van der Waals surface area contributed by atoms with Gasteiger partial charge in [0.25, 0.3) is 0 Å². The van der Waals surface area contributed by atoms with Crippen LogP contribution in [0.1, 0.15) is 53.9 Å². The molecule has 0 aliphatic heterocycles. The van der Waals surface area contributed by atoms with Gasteiger partial charge in [-0.05, 0) is 95.3 Å². The lowest BCUT2D eigenvalue weighted by Gasteiger charge is -2.29. The second kappa shape index (κ2) is 11.6. The Kier molecular flexibility index (Phi) is 6.86. The molecule has 0 radical (unpaired) electrons. The molecule has 1 atom stereocenters. The summed E-state index contributed by atoms with van der Waals surface area (Å²) < 4.78 is 6.81. The van der Waals surface area contributed by atoms with Gasteiger partial charge in [-0.15, -0.1) is 0 Å². The highest BCUT2D eigenvalue weighted by Crippen LogP contribution is 2.46. The minimum atomic E-state index is 0.256. The van der Waals surface area contributed by atoms with Crippen LogP contribution in [0.25, 0.3) is 50.4 Å². The van der Waals surface area contributed by atoms with Crippen LogP contribution in [0.5, 0.6) is 0 Å². The predicted octanol–water partition coefficient (Wildman–Crippen LogP) is 12.7. The summed E-state index contributed by atoms with van der Waals surface area (Å²) in [7, 11) is 0. The Labute approximate surface area is 275 Å². The zero-order valence-electron chi connectivity index (χ0n) is 26.3. The van der Waals surface area contributed by atoms with Gasteiger partial charge in [0, 0.05) is 28.1 Å². The monoisotopic (exact) mass is 605 g/mol. The molecule has 47 heavy (non-hydrogen) atoms. The van der Waals surface area contributed by atoms with Gasteiger partial charge in [0.1, 0.15) is 11.2 Å². The van der Waals surface area contributed by atoms with E-state index in [4.69, 9.17) is 4.42 Å². The molecule has 0 saturated carbocycles. The van der Waals surface area contributed by atoms with Crippen molar-refractivity contribution in [2.24, 2.45) is 0 Å². The van der Waals surface area contributed by atoms with Crippen LogP contribution >= 0.6 is 0 Å². The molecule has 1 unspecified atom stereocenters. The van der Waals surface area contributed by atoms with Gasteiger partial charge in [0.2, 0.25) is 0 Å². The van der Waals surface area contributed by atoms with E-state index < -0.39 is 0 Å². The fraction of sp³-hybridized carbons (Fsp3) is 0.111. The third-order valence-corrected chi connectivity index (χ3v) is 9.76. The first-order valence-electron chi connectivity index (χ1n) is 16.8. The maximum atomic E-state index is 6.81. The molecule has 0 spiro atoms. The second-order valence-electron chi connectivity index (χ2n) is 12.7. The zero-order chi connectivity index (χ0) is 31.2. The number of hydrogen-bond donors (Lipinski definition) is 0. The number of anilines is 2. The van der Waals surface area contributed by atoms with E-state index in [1.54, 1.807) is 0 Å². The molecule has 0 bridgehead atoms. The first kappa shape index (κ1) is 27.7. The molecule has 226 valence electrons. The number of hydrogen-bond acceptors (Lipinski definition) is 2. The van der Waals surface area contributed by atoms with E-state index in [-0.39, 0.29) is 5.92 Å². The van der Waals surface area contributed by atoms with Gasteiger partial charge in [-0.2, -0.15) is 0 Å². The lowest BCUT2D eigenvalue weighted by molar-refractivity contribution is 0.672. The average molecular weight is 606 g/mol. The van der Waals surface area contributed by atoms with Crippen molar-refractivity contribution < 1.29 is 4.42 Å². The van der Waals surface area contributed by atoms with Gasteiger partial charge in [-0.3, -0.25) is 0 Å². The first-order valence-corrected chi connectivity index (χ1v) is 16.8. The molecule has 5 aromatic carbocycles. The molecule has 3 aliphatic carbocycles. The summed E-state index contributed by atoms with van der Waals surface area (Å²) in [5.41, 5.74) is 11.7. The fourth-order valence-electron chi connectivity index (χ4n) is 7.53. The molecule has 0 fully saturated rings. The number of fused-ring (bicyclic) bond motifs is 6. The van der Waals surface area contributed by atoms with Crippen molar-refractivity contribution in [1.82, 2.24) is 0 Å². The smallest absolute Gasteiger partial charge is 0.143 e. The summed E-state index contributed by atoms with van der Waals surface area (Å²) in [5.74, 6) is 0.256. The molecule has 6 aromatic rings. The van der Waals surface area contributed by atoms with E-state index in [0.717, 1.165) is 64.4 Å². The van der Waals surface area contributed by atoms with Crippen LogP contribution in [-0.2, 0) is 0 Å². The number of benzene rings is 5. The molecular weight excluding hydrogens is 571 g/mol. The Morgan fingerprint density at radius 2 is 1.49 bits per heavy atom. The van der Waals surface area contributed by atoms with E-state index >= 15 is 0 Å². The first-order chi connectivity index (χ1) is 23.3. The third kappa shape index (κ3) is 4.89. The maximum Gasteiger partial charge on any atom is 0.143 e. The topological polar surface area (TPSA) is 16.4 Å². The summed E-state index contributed by atoms with van der Waals surface area (Å²) in [4.78, 5) is 2.43. The van der Waals surface area contributed by atoms with Gasteiger partial charge in [-0.25, -0.2) is 0 Å². The van der Waals surface area contributed by atoms with Gasteiger partial charge in [-0.1, -0.05) is 121 Å². The maximum absolute atomic E-state index is 6.81. The number of furan rings is 1. The van der Waals surface area contributed by atoms with Gasteiger partial charge in [0.15, 0.2) is 0 Å². The molecule has 0 amide bonds. The number of rotatable bonds is 5. The van der Waals surface area contributed by atoms with Crippen molar-refractivity contribution in [3.63, 3.8) is 0 Å². The van der Waals surface area contributed by atoms with E-state index in [1.165, 1.54) is 38.9 Å². The van der Waals surface area contributed by atoms with Crippen LogP contribution in [0.3, 0.4) is 0 Å². The quantitative estimate of drug-likeness (QED) is 0.194. The minimum absolute atomic E-state index is 0.256. The Morgan fingerprint density at radius 1 is 0.638 bits per heavy atom. The van der Waals surface area contributed by atoms with Crippen molar-refractivity contribution in [3.05, 3.63) is 174 Å². The van der Waals surface area contributed by atoms with Crippen molar-refractivity contribution in [2.45, 2.75) is 31.6 Å². The summed E-state index contributed by atoms with van der Waals surface area (Å²) in [5, 5.41) is 4.73. The number of allylic oxidation sites excluding steroid dienone is 9. The lowest BCUT2D eigenvalue weighted by atomic mass is 9.84. The highest BCUT2D eigenvalue weighted by molar-refractivity contribution is 6.20. The van der Waals surface area contributed by atoms with Crippen LogP contribution in [0, 0.1) is 0 Å². The largest absolute Gasteiger partial charge is 0.455 e. The van der Waals surface area contributed by atoms with Gasteiger partial charge < -0.3 is 9.32 Å². The average Bonchev–Trinajstić information content (AvgIpc) is 3.36. The van der Waals surface area contributed by atoms with Crippen LogP contribution < -0.4 is 4.90 Å². The van der Waals surface area contributed by atoms with E-state index in [2.05, 4.69) is 163 Å². The Bertz CT molecular complexity index is 2360. The standard InChI is InChI=1S/C45H35NO/c1-4-14-31(15-5-1)33-18-12-19-35(28-33)40-30-41-44-42(24-13-25-43(44)47-45(41)39-23-11-10-22-38(39)40)46(36-20-8-3-9-21-36)37-27-26-32-16-6-2-7-17-34(32)29-37/h1,4-8,10-18,20-30,35H,2-3,9,19H2. The van der Waals surface area contributed by atoms with Crippen molar-refractivity contribution >= 4 is 61.8 Å². The third-order valence-electron chi connectivity index (χ3n) is 9.76. The molecule has 0 saturated heterocycles. The molecule has 1 aromatic heterocycles. The molecule has 3 aliphatic rings. The normalized spacial score (nSPS) is 17.1. The van der Waals surface area contributed by atoms with Crippen molar-refractivity contribution in [1.29, 1.82) is 0 Å². The van der Waals surface area contributed by atoms with Crippen molar-refractivity contribution in [2.75, 3.05) is 4.90 Å². The predicted molar refractivity (Wildman–Crippen MR) is 200 cm³/mol. The summed E-state index contributed by atoms with van der Waals surface area (Å²) >= 11 is 0. The molecule has 0 N–H and O–H groups in total. The summed E-state index contributed by atoms with van der Waals surface area (Å²) in [6, 6.07) is 35.3. The fourth-order valence-corrected chi connectivity index (χ4v) is 7.53. The van der Waals surface area contributed by atoms with Gasteiger partial charge in [0.05, 0.1) is 11.1 Å². The number of nitrogens with zero attached hydrogens (tertiary/aromatic N) is 1. The Balaban J connectivity index is 1.28. The Morgan fingerprint density at radius 3 is 2.36 bits per heavy atom. The molecular formula is C45H35NO. The highest BCUT2D eigenvalue weighted by Gasteiger charge is 2.24. The summed E-state index contributed by atoms with van der Waals surface area (Å²) in [6.45, 7) is 0. The van der Waals surface area contributed by atoms with E-state index in [9.17, 15) is 0 Å². The minimum Gasteiger partial charge on any atom is -0.455 e. The van der Waals surface area contributed by atoms with Crippen LogP contribution in [0.15, 0.2) is 156 Å². The van der Waals surface area contributed by atoms with Crippen LogP contribution in [-0.4, -0.2) is 0 Å². The van der Waals surface area contributed by atoms with Crippen LogP contribution in [0.2, 0.25) is 0 Å². The van der Waals surface area contributed by atoms with Crippen molar-refractivity contribution in [3.8, 4) is 0 Å². The SMILES string of the molecule is C1=Cc2ccc(N(C3=CCCC=C3)c3cccc4oc5c6ccccc6c(C6C=C(c7ccccc7)C=CC6)cc5c34)cc2C=CC1. The van der Waals surface area contributed by atoms with E-state index in [0.29, 0.717) is 0 Å². The lowest BCUT2D eigenvalue weighted by Crippen LogP contribution is -2.16. The Hall–Kier alpha value is -5.60. The summed E-state index contributed by atoms with van der Waals surface area (Å²) in [6.07, 6.45) is 27.0. The molecule has 9 rings (SSSR count). The second-order valence-corrected chi connectivity index (χ2v) is 12.7. The van der Waals surface area contributed by atoms with Crippen LogP contribution in [0.4, 0.5) is 11.4 Å². The molecule has 2 nitrogen and oxygen atoms in total. The highest BCUT2D eigenvalue weighted by atomic mass is 16.3. The van der Waals surface area contributed by atoms with E-state index in [1.807, 2.05) is 0 Å². The van der Waals surface area contributed by atoms with Gasteiger partial charge >= 0.3 is 0 Å². The molecule has 1 heterocycles. The molecule has 2 heteroatoms. The zero-order valence-corrected chi connectivity index (χ0v) is 26.3.